The molecule has 3 aromatic rings. The molecule has 0 aliphatic heterocycles. The lowest BCUT2D eigenvalue weighted by atomic mass is 9.94. The average molecular weight is 563 g/mol. The Balaban J connectivity index is 1.85. The fraction of sp³-hybridized carbons (Fsp3) is 0.387. The largest absolute Gasteiger partial charge is 0.295 e. The van der Waals surface area contributed by atoms with Gasteiger partial charge in [-0.2, -0.15) is 16.1 Å². The van der Waals surface area contributed by atoms with Crippen molar-refractivity contribution in [1.82, 2.24) is 21.2 Å². The molecule has 0 aliphatic rings. The lowest BCUT2D eigenvalue weighted by molar-refractivity contribution is -0.129. The second-order valence-electron chi connectivity index (χ2n) is 11.7. The van der Waals surface area contributed by atoms with Gasteiger partial charge in [0.05, 0.1) is 23.0 Å². The third-order valence-electron chi connectivity index (χ3n) is 5.77. The maximum atomic E-state index is 13.4. The van der Waals surface area contributed by atoms with Crippen LogP contribution in [0.1, 0.15) is 73.5 Å². The minimum Gasteiger partial charge on any atom is -0.295 e. The summed E-state index contributed by atoms with van der Waals surface area (Å²) in [6.07, 6.45) is 1.40. The molecule has 3 rings (SSSR count). The fourth-order valence-electron chi connectivity index (χ4n) is 3.77. The second kappa shape index (κ2) is 13.7. The topological polar surface area (TPSA) is 139 Å². The number of carbonyl (C=O) groups excluding carboxylic acids is 4. The van der Waals surface area contributed by atoms with Gasteiger partial charge < -0.3 is 0 Å². The highest BCUT2D eigenvalue weighted by Gasteiger charge is 2.35. The van der Waals surface area contributed by atoms with Crippen LogP contribution in [0.3, 0.4) is 0 Å². The van der Waals surface area contributed by atoms with E-state index in [1.54, 1.807) is 41.5 Å². The number of Topliss-reactive ketones (excluding diaryl/α,β-unsaturated/α-hetero) is 4. The summed E-state index contributed by atoms with van der Waals surface area (Å²) < 4.78 is 0. The first kappa shape index (κ1) is 31.7. The molecule has 0 bridgehead atoms. The Labute approximate surface area is 240 Å². The van der Waals surface area contributed by atoms with Crippen molar-refractivity contribution in [2.24, 2.45) is 0 Å². The number of ketones is 4. The monoisotopic (exact) mass is 562 g/mol. The number of hydrogen-bond donors (Lipinski definition) is 3. The Morgan fingerprint density at radius 3 is 1.54 bits per heavy atom. The number of hydrogen-bond acceptors (Lipinski definition) is 9. The van der Waals surface area contributed by atoms with Gasteiger partial charge in [0.15, 0.2) is 0 Å². The van der Waals surface area contributed by atoms with Crippen LogP contribution >= 0.6 is 0 Å². The van der Waals surface area contributed by atoms with Crippen molar-refractivity contribution >= 4 is 23.1 Å². The quantitative estimate of drug-likeness (QED) is 0.152. The van der Waals surface area contributed by atoms with Gasteiger partial charge in [-0.3, -0.25) is 34.0 Å². The Morgan fingerprint density at radius 2 is 1.12 bits per heavy atom. The highest BCUT2D eigenvalue weighted by atomic mass is 16.7. The van der Waals surface area contributed by atoms with Crippen molar-refractivity contribution < 1.29 is 28.9 Å². The standard InChI is InChI=1S/C31H38N4O6/c1-30(2,3)40-34-23(17-20-13-9-7-10-14-20)27(37)26(36)22-19-32-33-25(22)29(39)28(38)24(35-41-31(4,5)6)18-21-15-11-8-12-16-21/h7-16,19,23-24,34-35H,17-18H2,1-6H3,(H,32,33). The molecule has 1 heterocycles. The van der Waals surface area contributed by atoms with Crippen LogP contribution in [-0.4, -0.2) is 56.6 Å². The van der Waals surface area contributed by atoms with Gasteiger partial charge in [-0.1, -0.05) is 60.7 Å². The summed E-state index contributed by atoms with van der Waals surface area (Å²) in [5.74, 6) is -3.66. The summed E-state index contributed by atoms with van der Waals surface area (Å²) in [7, 11) is 0. The highest BCUT2D eigenvalue weighted by molar-refractivity contribution is 6.50. The van der Waals surface area contributed by atoms with Gasteiger partial charge in [0.1, 0.15) is 17.8 Å². The zero-order chi connectivity index (χ0) is 30.2. The van der Waals surface area contributed by atoms with E-state index in [4.69, 9.17) is 9.68 Å². The number of hydroxylamine groups is 2. The van der Waals surface area contributed by atoms with Gasteiger partial charge in [-0.25, -0.2) is 0 Å². The zero-order valence-electron chi connectivity index (χ0n) is 24.3. The summed E-state index contributed by atoms with van der Waals surface area (Å²) in [4.78, 5) is 64.9. The van der Waals surface area contributed by atoms with Crippen molar-refractivity contribution in [1.29, 1.82) is 0 Å². The number of benzene rings is 2. The fourth-order valence-corrected chi connectivity index (χ4v) is 3.77. The molecule has 218 valence electrons. The molecule has 3 N–H and O–H groups in total. The van der Waals surface area contributed by atoms with E-state index in [1.807, 2.05) is 60.7 Å². The second-order valence-corrected chi connectivity index (χ2v) is 11.7. The smallest absolute Gasteiger partial charge is 0.248 e. The Hall–Kier alpha value is -3.83. The van der Waals surface area contributed by atoms with Crippen LogP contribution in [0.2, 0.25) is 0 Å². The van der Waals surface area contributed by atoms with Crippen molar-refractivity contribution in [3.8, 4) is 0 Å². The molecule has 2 unspecified atom stereocenters. The number of aromatic amines is 1. The number of nitrogens with zero attached hydrogens (tertiary/aromatic N) is 1. The Bertz CT molecular complexity index is 1240. The maximum Gasteiger partial charge on any atom is 0.248 e. The van der Waals surface area contributed by atoms with E-state index >= 15 is 0 Å². The number of rotatable bonds is 14. The van der Waals surface area contributed by atoms with E-state index in [-0.39, 0.29) is 24.1 Å². The Kier molecular flexibility index (Phi) is 10.6. The summed E-state index contributed by atoms with van der Waals surface area (Å²) in [5.41, 5.74) is 5.10. The van der Waals surface area contributed by atoms with Crippen LogP contribution in [0.4, 0.5) is 0 Å². The van der Waals surface area contributed by atoms with Crippen molar-refractivity contribution in [2.75, 3.05) is 0 Å². The third-order valence-corrected chi connectivity index (χ3v) is 5.77. The van der Waals surface area contributed by atoms with E-state index < -0.39 is 46.4 Å². The number of H-pyrrole nitrogens is 1. The molecule has 0 aliphatic carbocycles. The predicted octanol–water partition coefficient (Wildman–Crippen LogP) is 3.78. The van der Waals surface area contributed by atoms with Crippen LogP contribution in [0.15, 0.2) is 66.9 Å². The Morgan fingerprint density at radius 1 is 0.707 bits per heavy atom. The summed E-state index contributed by atoms with van der Waals surface area (Å²) in [6.45, 7) is 10.8. The third kappa shape index (κ3) is 9.65. The summed E-state index contributed by atoms with van der Waals surface area (Å²) >= 11 is 0. The SMILES string of the molecule is CC(C)(C)ONC(Cc1ccccc1)C(=O)C(=O)c1cn[nH]c1C(=O)C(=O)C(Cc1ccccc1)NOC(C)(C)C. The van der Waals surface area contributed by atoms with Crippen LogP contribution in [0.25, 0.3) is 0 Å². The van der Waals surface area contributed by atoms with E-state index in [0.29, 0.717) is 0 Å². The van der Waals surface area contributed by atoms with Gasteiger partial charge in [-0.05, 0) is 65.5 Å². The van der Waals surface area contributed by atoms with Crippen molar-refractivity contribution in [3.05, 3.63) is 89.2 Å². The van der Waals surface area contributed by atoms with Gasteiger partial charge in [0.25, 0.3) is 0 Å². The minimum absolute atomic E-state index is 0.158. The molecular weight excluding hydrogens is 524 g/mol. The molecule has 2 atom stereocenters. The maximum absolute atomic E-state index is 13.4. The first-order valence-electron chi connectivity index (χ1n) is 13.4. The minimum atomic E-state index is -1.06. The zero-order valence-corrected chi connectivity index (χ0v) is 24.3. The molecular formula is C31H38N4O6. The van der Waals surface area contributed by atoms with Crippen LogP contribution < -0.4 is 11.0 Å². The molecule has 0 saturated carbocycles. The molecule has 2 aromatic carbocycles. The van der Waals surface area contributed by atoms with Gasteiger partial charge >= 0.3 is 0 Å². The number of nitrogens with one attached hydrogen (secondary N) is 3. The molecule has 0 fully saturated rings. The molecule has 0 amide bonds. The normalized spacial score (nSPS) is 13.4. The molecule has 0 spiro atoms. The van der Waals surface area contributed by atoms with E-state index in [1.165, 1.54) is 0 Å². The van der Waals surface area contributed by atoms with Crippen molar-refractivity contribution in [2.45, 2.75) is 77.7 Å². The lowest BCUT2D eigenvalue weighted by Crippen LogP contribution is -2.46. The molecule has 10 heteroatoms. The average Bonchev–Trinajstić information content (AvgIpc) is 3.42. The van der Waals surface area contributed by atoms with Gasteiger partial charge in [-0.15, -0.1) is 0 Å². The van der Waals surface area contributed by atoms with E-state index in [0.717, 1.165) is 17.3 Å². The van der Waals surface area contributed by atoms with Gasteiger partial charge in [0, 0.05) is 0 Å². The van der Waals surface area contributed by atoms with E-state index in [2.05, 4.69) is 21.2 Å². The number of carbonyl (C=O) groups is 4. The van der Waals surface area contributed by atoms with Gasteiger partial charge in [0.2, 0.25) is 23.1 Å². The lowest BCUT2D eigenvalue weighted by Gasteiger charge is -2.24. The molecule has 10 nitrogen and oxygen atoms in total. The molecule has 0 saturated heterocycles. The van der Waals surface area contributed by atoms with Crippen molar-refractivity contribution in [3.63, 3.8) is 0 Å². The highest BCUT2D eigenvalue weighted by Crippen LogP contribution is 2.16. The number of aromatic nitrogens is 2. The van der Waals surface area contributed by atoms with Crippen LogP contribution in [0.5, 0.6) is 0 Å². The van der Waals surface area contributed by atoms with Crippen LogP contribution in [0, 0.1) is 0 Å². The summed E-state index contributed by atoms with van der Waals surface area (Å²) in [5, 5.41) is 6.26. The summed E-state index contributed by atoms with van der Waals surface area (Å²) in [6, 6.07) is 16.2. The molecule has 1 aromatic heterocycles. The predicted molar refractivity (Wildman–Crippen MR) is 153 cm³/mol. The van der Waals surface area contributed by atoms with Crippen LogP contribution in [-0.2, 0) is 32.1 Å². The molecule has 0 radical (unpaired) electrons. The molecule has 41 heavy (non-hydrogen) atoms. The first-order chi connectivity index (χ1) is 19.2. The first-order valence-corrected chi connectivity index (χ1v) is 13.4. The van der Waals surface area contributed by atoms with E-state index in [9.17, 15) is 19.2 Å².